The molecule has 0 bridgehead atoms. The molecule has 0 atom stereocenters. The lowest BCUT2D eigenvalue weighted by Gasteiger charge is -2.26. The second kappa shape index (κ2) is 14.8. The number of nitrogens with zero attached hydrogens (tertiary/aromatic N) is 3. The van der Waals surface area contributed by atoms with E-state index in [-0.39, 0.29) is 13.0 Å². The van der Waals surface area contributed by atoms with E-state index in [9.17, 15) is 18.0 Å². The minimum atomic E-state index is -4.47. The predicted octanol–water partition coefficient (Wildman–Crippen LogP) is 9.36. The average Bonchev–Trinajstić information content (AvgIpc) is 2.98. The lowest BCUT2D eigenvalue weighted by Crippen LogP contribution is -2.25. The smallest absolute Gasteiger partial charge is 0.416 e. The van der Waals surface area contributed by atoms with Crippen LogP contribution in [0.2, 0.25) is 0 Å². The van der Waals surface area contributed by atoms with Crippen LogP contribution in [0.25, 0.3) is 11.1 Å². The van der Waals surface area contributed by atoms with Crippen LogP contribution in [0.5, 0.6) is 5.75 Å². The Bertz CT molecular complexity index is 1670. The minimum Gasteiger partial charge on any atom is -0.490 e. The molecule has 4 aromatic rings. The summed E-state index contributed by atoms with van der Waals surface area (Å²) in [4.78, 5) is 21.8. The highest BCUT2D eigenvalue weighted by Gasteiger charge is 2.31. The van der Waals surface area contributed by atoms with E-state index < -0.39 is 17.7 Å². The maximum absolute atomic E-state index is 13.8. The van der Waals surface area contributed by atoms with Gasteiger partial charge >= 0.3 is 12.1 Å². The fourth-order valence-electron chi connectivity index (χ4n) is 5.40. The summed E-state index contributed by atoms with van der Waals surface area (Å²) in [5.41, 5.74) is 8.14. The lowest BCUT2D eigenvalue weighted by molar-refractivity contribution is -0.138. The first kappa shape index (κ1) is 34.5. The molecule has 6 nitrogen and oxygen atoms in total. The van der Waals surface area contributed by atoms with E-state index in [2.05, 4.69) is 74.9 Å². The van der Waals surface area contributed by atoms with Crippen LogP contribution in [0.1, 0.15) is 83.5 Å². The van der Waals surface area contributed by atoms with Crippen molar-refractivity contribution in [2.24, 2.45) is 0 Å². The Morgan fingerprint density at radius 1 is 0.870 bits per heavy atom. The van der Waals surface area contributed by atoms with Gasteiger partial charge < -0.3 is 14.7 Å². The minimum absolute atomic E-state index is 0.0739. The number of ether oxygens (including phenoxy) is 1. The fourth-order valence-corrected chi connectivity index (χ4v) is 5.40. The molecule has 1 N–H and O–H groups in total. The molecule has 46 heavy (non-hydrogen) atoms. The third-order valence-corrected chi connectivity index (χ3v) is 8.09. The predicted molar refractivity (Wildman–Crippen MR) is 175 cm³/mol. The van der Waals surface area contributed by atoms with Crippen molar-refractivity contribution in [3.8, 4) is 16.9 Å². The molecule has 1 aromatic heterocycles. The first-order valence-corrected chi connectivity index (χ1v) is 15.5. The monoisotopic (exact) mass is 633 g/mol. The second-order valence-corrected chi connectivity index (χ2v) is 12.3. The quantitative estimate of drug-likeness (QED) is 0.148. The maximum atomic E-state index is 13.8. The largest absolute Gasteiger partial charge is 0.490 e. The number of hydrogen-bond donors (Lipinski definition) is 1. The molecular formula is C37H42F3N3O3. The van der Waals surface area contributed by atoms with Crippen molar-refractivity contribution in [1.82, 2.24) is 9.97 Å². The van der Waals surface area contributed by atoms with Crippen LogP contribution in [0.3, 0.4) is 0 Å². The molecule has 0 amide bonds. The van der Waals surface area contributed by atoms with E-state index in [0.717, 1.165) is 39.4 Å². The number of benzene rings is 3. The van der Waals surface area contributed by atoms with Gasteiger partial charge in [-0.25, -0.2) is 9.97 Å². The molecular weight excluding hydrogens is 591 g/mol. The standard InChI is InChI=1S/C37H42F3N3O3/c1-23(2)29-11-10-25(4)33(18-29)34-16-27(6)26(5)15-30(34)22-43(21-28-13-24(3)14-31(17-28)37(38,39)40)36-41-19-32(20-42-36)46-12-8-7-9-35(44)45/h10-11,13-20,23H,7-9,12,21-22H2,1-6H3,(H,44,45). The number of hydrogen-bond acceptors (Lipinski definition) is 5. The Labute approximate surface area is 269 Å². The topological polar surface area (TPSA) is 75.6 Å². The first-order chi connectivity index (χ1) is 21.7. The van der Waals surface area contributed by atoms with E-state index in [1.165, 1.54) is 11.6 Å². The average molecular weight is 634 g/mol. The Hall–Kier alpha value is -4.40. The summed E-state index contributed by atoms with van der Waals surface area (Å²) >= 11 is 0. The molecule has 0 aliphatic carbocycles. The highest BCUT2D eigenvalue weighted by Crippen LogP contribution is 2.35. The van der Waals surface area contributed by atoms with Crippen LogP contribution >= 0.6 is 0 Å². The fraction of sp³-hybridized carbons (Fsp3) is 0.378. The zero-order valence-corrected chi connectivity index (χ0v) is 27.3. The number of carboxylic acid groups (broad SMARTS) is 1. The summed E-state index contributed by atoms with van der Waals surface area (Å²) in [7, 11) is 0. The molecule has 0 aliphatic rings. The second-order valence-electron chi connectivity index (χ2n) is 12.3. The van der Waals surface area contributed by atoms with Gasteiger partial charge in [-0.05, 0) is 103 Å². The number of aryl methyl sites for hydroxylation is 4. The van der Waals surface area contributed by atoms with Gasteiger partial charge in [0.1, 0.15) is 0 Å². The normalized spacial score (nSPS) is 11.6. The van der Waals surface area contributed by atoms with E-state index in [0.29, 0.717) is 54.7 Å². The van der Waals surface area contributed by atoms with Crippen molar-refractivity contribution in [1.29, 1.82) is 0 Å². The van der Waals surface area contributed by atoms with Crippen molar-refractivity contribution in [2.75, 3.05) is 11.5 Å². The molecule has 0 saturated heterocycles. The van der Waals surface area contributed by atoms with E-state index in [1.807, 2.05) is 4.90 Å². The summed E-state index contributed by atoms with van der Waals surface area (Å²) in [6, 6.07) is 14.9. The van der Waals surface area contributed by atoms with Crippen LogP contribution in [0.4, 0.5) is 19.1 Å². The summed E-state index contributed by atoms with van der Waals surface area (Å²) in [6.07, 6.45) is -0.238. The highest BCUT2D eigenvalue weighted by atomic mass is 19.4. The number of carbonyl (C=O) groups is 1. The highest BCUT2D eigenvalue weighted by molar-refractivity contribution is 5.73. The van der Waals surface area contributed by atoms with Crippen molar-refractivity contribution in [3.63, 3.8) is 0 Å². The van der Waals surface area contributed by atoms with Crippen molar-refractivity contribution in [3.05, 3.63) is 105 Å². The van der Waals surface area contributed by atoms with Crippen LogP contribution < -0.4 is 9.64 Å². The zero-order chi connectivity index (χ0) is 33.6. The molecule has 4 rings (SSSR count). The Kier molecular flexibility index (Phi) is 11.1. The zero-order valence-electron chi connectivity index (χ0n) is 27.3. The van der Waals surface area contributed by atoms with Crippen LogP contribution in [-0.2, 0) is 24.1 Å². The third kappa shape index (κ3) is 9.08. The van der Waals surface area contributed by atoms with Gasteiger partial charge in [-0.15, -0.1) is 0 Å². The Morgan fingerprint density at radius 3 is 2.22 bits per heavy atom. The number of aromatic nitrogens is 2. The number of halogens is 3. The number of anilines is 1. The molecule has 0 aliphatic heterocycles. The Balaban J connectivity index is 1.73. The molecule has 244 valence electrons. The van der Waals surface area contributed by atoms with Crippen molar-refractivity contribution >= 4 is 11.9 Å². The van der Waals surface area contributed by atoms with Gasteiger partial charge in [0, 0.05) is 19.5 Å². The summed E-state index contributed by atoms with van der Waals surface area (Å²) < 4.78 is 47.0. The lowest BCUT2D eigenvalue weighted by atomic mass is 9.89. The summed E-state index contributed by atoms with van der Waals surface area (Å²) in [5, 5.41) is 8.83. The number of alkyl halides is 3. The van der Waals surface area contributed by atoms with Gasteiger partial charge in [-0.2, -0.15) is 13.2 Å². The molecule has 0 radical (unpaired) electrons. The Morgan fingerprint density at radius 2 is 1.57 bits per heavy atom. The molecule has 1 heterocycles. The van der Waals surface area contributed by atoms with E-state index in [1.54, 1.807) is 25.4 Å². The van der Waals surface area contributed by atoms with Gasteiger partial charge in [0.25, 0.3) is 0 Å². The number of rotatable bonds is 13. The molecule has 9 heteroatoms. The van der Waals surface area contributed by atoms with Gasteiger partial charge in [0.2, 0.25) is 5.95 Å². The molecule has 0 unspecified atom stereocenters. The number of aliphatic carboxylic acids is 1. The third-order valence-electron chi connectivity index (χ3n) is 8.09. The van der Waals surface area contributed by atoms with Gasteiger partial charge in [0.15, 0.2) is 5.75 Å². The molecule has 3 aromatic carbocycles. The first-order valence-electron chi connectivity index (χ1n) is 15.5. The SMILES string of the molecule is Cc1cc(CN(Cc2cc(C)c(C)cc2-c2cc(C(C)C)ccc2C)c2ncc(OCCCCC(=O)O)cn2)cc(C(F)(F)F)c1. The number of unbranched alkanes of at least 4 members (excludes halogenated alkanes) is 1. The van der Waals surface area contributed by atoms with Crippen LogP contribution in [0, 0.1) is 27.7 Å². The molecule has 0 spiro atoms. The van der Waals surface area contributed by atoms with Crippen LogP contribution in [-0.4, -0.2) is 27.7 Å². The molecule has 0 fully saturated rings. The van der Waals surface area contributed by atoms with Crippen molar-refractivity contribution < 1.29 is 27.8 Å². The number of carboxylic acids is 1. The summed E-state index contributed by atoms with van der Waals surface area (Å²) in [6.45, 7) is 13.0. The van der Waals surface area contributed by atoms with Gasteiger partial charge in [-0.1, -0.05) is 55.8 Å². The van der Waals surface area contributed by atoms with E-state index >= 15 is 0 Å². The maximum Gasteiger partial charge on any atom is 0.416 e. The van der Waals surface area contributed by atoms with Crippen LogP contribution in [0.15, 0.2) is 60.9 Å². The van der Waals surface area contributed by atoms with Gasteiger partial charge in [0.05, 0.1) is 24.6 Å². The van der Waals surface area contributed by atoms with E-state index in [4.69, 9.17) is 9.84 Å². The molecule has 0 saturated carbocycles. The van der Waals surface area contributed by atoms with Gasteiger partial charge in [-0.3, -0.25) is 4.79 Å². The van der Waals surface area contributed by atoms with Crippen molar-refractivity contribution in [2.45, 2.75) is 86.0 Å². The summed E-state index contributed by atoms with van der Waals surface area (Å²) in [5.74, 6) is 0.284.